The van der Waals surface area contributed by atoms with Crippen molar-refractivity contribution in [2.45, 2.75) is 36.8 Å². The number of halogens is 1. The SMILES string of the molecule is Clc1cccc(C2(NC3=Nc4ccccc4NC34CCNCC4)CC2)c1. The smallest absolute Gasteiger partial charge is 0.129 e. The van der Waals surface area contributed by atoms with E-state index in [0.717, 1.165) is 61.0 Å². The Morgan fingerprint density at radius 1 is 0.962 bits per heavy atom. The van der Waals surface area contributed by atoms with E-state index in [1.54, 1.807) is 0 Å². The lowest BCUT2D eigenvalue weighted by Crippen LogP contribution is -2.60. The van der Waals surface area contributed by atoms with Crippen LogP contribution in [0, 0.1) is 0 Å². The molecule has 2 fully saturated rings. The van der Waals surface area contributed by atoms with E-state index in [1.807, 2.05) is 18.2 Å². The number of benzene rings is 2. The van der Waals surface area contributed by atoms with Gasteiger partial charge >= 0.3 is 0 Å². The Labute approximate surface area is 159 Å². The van der Waals surface area contributed by atoms with Gasteiger partial charge in [-0.2, -0.15) is 0 Å². The number of piperidine rings is 1. The van der Waals surface area contributed by atoms with Crippen LogP contribution in [-0.2, 0) is 5.54 Å². The average Bonchev–Trinajstić information content (AvgIpc) is 3.44. The first-order valence-corrected chi connectivity index (χ1v) is 9.78. The first-order valence-electron chi connectivity index (χ1n) is 9.41. The van der Waals surface area contributed by atoms with Crippen molar-refractivity contribution >= 4 is 28.8 Å². The van der Waals surface area contributed by atoms with Gasteiger partial charge < -0.3 is 16.0 Å². The van der Waals surface area contributed by atoms with Gasteiger partial charge in [0.1, 0.15) is 5.84 Å². The fraction of sp³-hybridized carbons (Fsp3) is 0.381. The molecule has 0 radical (unpaired) electrons. The zero-order valence-electron chi connectivity index (χ0n) is 14.7. The second kappa shape index (κ2) is 6.00. The van der Waals surface area contributed by atoms with Crippen LogP contribution in [-0.4, -0.2) is 24.5 Å². The van der Waals surface area contributed by atoms with Crippen LogP contribution >= 0.6 is 11.6 Å². The lowest BCUT2D eigenvalue weighted by molar-refractivity contribution is 0.406. The van der Waals surface area contributed by atoms with E-state index in [9.17, 15) is 0 Å². The number of anilines is 1. The number of para-hydroxylation sites is 2. The lowest BCUT2D eigenvalue weighted by atomic mass is 9.84. The van der Waals surface area contributed by atoms with Gasteiger partial charge in [-0.1, -0.05) is 35.9 Å². The van der Waals surface area contributed by atoms with Crippen molar-refractivity contribution in [1.29, 1.82) is 0 Å². The molecule has 0 amide bonds. The van der Waals surface area contributed by atoms with Gasteiger partial charge in [0.05, 0.1) is 22.5 Å². The van der Waals surface area contributed by atoms with Crippen molar-refractivity contribution in [3.05, 3.63) is 59.1 Å². The fourth-order valence-electron chi connectivity index (χ4n) is 4.21. The standard InChI is InChI=1S/C21H23ClN4/c22-16-5-3-4-15(14-16)20(8-9-20)26-19-21(10-12-23-13-11-21)25-18-7-2-1-6-17(18)24-19/h1-7,14,23,25H,8-13H2,(H,24,26). The molecule has 3 aliphatic rings. The van der Waals surface area contributed by atoms with Gasteiger partial charge in [-0.15, -0.1) is 0 Å². The molecule has 4 nitrogen and oxygen atoms in total. The molecular formula is C21H23ClN4. The summed E-state index contributed by atoms with van der Waals surface area (Å²) in [5, 5.41) is 11.9. The van der Waals surface area contributed by atoms with E-state index >= 15 is 0 Å². The molecule has 2 aliphatic heterocycles. The van der Waals surface area contributed by atoms with Crippen LogP contribution in [0.3, 0.4) is 0 Å². The minimum atomic E-state index is -0.117. The van der Waals surface area contributed by atoms with Gasteiger partial charge in [0.15, 0.2) is 0 Å². The Hall–Kier alpha value is -2.04. The van der Waals surface area contributed by atoms with E-state index in [4.69, 9.17) is 16.6 Å². The summed E-state index contributed by atoms with van der Waals surface area (Å²) in [5.74, 6) is 1.08. The Morgan fingerprint density at radius 2 is 1.77 bits per heavy atom. The van der Waals surface area contributed by atoms with E-state index in [-0.39, 0.29) is 11.1 Å². The third-order valence-corrected chi connectivity index (χ3v) is 6.14. The topological polar surface area (TPSA) is 48.5 Å². The van der Waals surface area contributed by atoms with Crippen molar-refractivity contribution in [1.82, 2.24) is 10.6 Å². The van der Waals surface area contributed by atoms with E-state index in [0.29, 0.717) is 0 Å². The summed E-state index contributed by atoms with van der Waals surface area (Å²) in [4.78, 5) is 5.08. The minimum absolute atomic E-state index is 0.0322. The Bertz CT molecular complexity index is 866. The van der Waals surface area contributed by atoms with Gasteiger partial charge in [0, 0.05) is 5.02 Å². The summed E-state index contributed by atoms with van der Waals surface area (Å²) in [6.45, 7) is 2.00. The molecule has 5 rings (SSSR count). The number of hydrogen-bond acceptors (Lipinski definition) is 4. The molecule has 1 saturated carbocycles. The molecule has 5 heteroatoms. The molecule has 0 bridgehead atoms. The molecule has 26 heavy (non-hydrogen) atoms. The normalized spacial score (nSPS) is 22.1. The molecule has 1 saturated heterocycles. The quantitative estimate of drug-likeness (QED) is 0.746. The van der Waals surface area contributed by atoms with Gasteiger partial charge in [-0.05, 0) is 68.6 Å². The van der Waals surface area contributed by atoms with Gasteiger partial charge in [-0.3, -0.25) is 0 Å². The number of amidine groups is 1. The van der Waals surface area contributed by atoms with E-state index < -0.39 is 0 Å². The second-order valence-electron chi connectivity index (χ2n) is 7.65. The Morgan fingerprint density at radius 3 is 2.54 bits per heavy atom. The highest BCUT2D eigenvalue weighted by Crippen LogP contribution is 2.48. The number of rotatable bonds is 2. The molecular weight excluding hydrogens is 344 g/mol. The largest absolute Gasteiger partial charge is 0.371 e. The zero-order valence-corrected chi connectivity index (χ0v) is 15.4. The molecule has 0 atom stereocenters. The Balaban J connectivity index is 1.54. The van der Waals surface area contributed by atoms with Crippen LogP contribution in [0.4, 0.5) is 11.4 Å². The van der Waals surface area contributed by atoms with Crippen LogP contribution in [0.25, 0.3) is 0 Å². The lowest BCUT2D eigenvalue weighted by Gasteiger charge is -2.44. The average molecular weight is 367 g/mol. The number of nitrogens with one attached hydrogen (secondary N) is 3. The monoisotopic (exact) mass is 366 g/mol. The number of nitrogens with zero attached hydrogens (tertiary/aromatic N) is 1. The second-order valence-corrected chi connectivity index (χ2v) is 8.09. The molecule has 2 heterocycles. The van der Waals surface area contributed by atoms with Crippen molar-refractivity contribution in [2.24, 2.45) is 4.99 Å². The van der Waals surface area contributed by atoms with Crippen LogP contribution < -0.4 is 16.0 Å². The van der Waals surface area contributed by atoms with Gasteiger partial charge in [-0.25, -0.2) is 4.99 Å². The number of fused-ring (bicyclic) bond motifs is 1. The predicted octanol–water partition coefficient (Wildman–Crippen LogP) is 4.20. The van der Waals surface area contributed by atoms with Crippen LogP contribution in [0.2, 0.25) is 5.02 Å². The van der Waals surface area contributed by atoms with Crippen LogP contribution in [0.5, 0.6) is 0 Å². The molecule has 1 spiro atoms. The zero-order chi connectivity index (χ0) is 17.6. The molecule has 134 valence electrons. The summed E-state index contributed by atoms with van der Waals surface area (Å²) in [5.41, 5.74) is 3.26. The predicted molar refractivity (Wildman–Crippen MR) is 107 cm³/mol. The maximum atomic E-state index is 6.25. The van der Waals surface area contributed by atoms with Crippen LogP contribution in [0.1, 0.15) is 31.2 Å². The summed E-state index contributed by atoms with van der Waals surface area (Å²) in [6.07, 6.45) is 4.28. The van der Waals surface area contributed by atoms with Crippen molar-refractivity contribution in [3.8, 4) is 0 Å². The van der Waals surface area contributed by atoms with Gasteiger partial charge in [0.2, 0.25) is 0 Å². The first kappa shape index (κ1) is 16.2. The maximum Gasteiger partial charge on any atom is 0.129 e. The van der Waals surface area contributed by atoms with E-state index in [1.165, 1.54) is 5.56 Å². The molecule has 2 aromatic carbocycles. The first-order chi connectivity index (χ1) is 12.7. The summed E-state index contributed by atoms with van der Waals surface area (Å²) in [6, 6.07) is 16.6. The fourth-order valence-corrected chi connectivity index (χ4v) is 4.40. The van der Waals surface area contributed by atoms with Crippen LogP contribution in [0.15, 0.2) is 53.5 Å². The van der Waals surface area contributed by atoms with Crippen molar-refractivity contribution < 1.29 is 0 Å². The highest BCUT2D eigenvalue weighted by atomic mass is 35.5. The summed E-state index contributed by atoms with van der Waals surface area (Å²) >= 11 is 6.25. The Kier molecular flexibility index (Phi) is 3.73. The van der Waals surface area contributed by atoms with Crippen molar-refractivity contribution in [3.63, 3.8) is 0 Å². The van der Waals surface area contributed by atoms with Crippen molar-refractivity contribution in [2.75, 3.05) is 18.4 Å². The minimum Gasteiger partial charge on any atom is -0.371 e. The number of hydrogen-bond donors (Lipinski definition) is 3. The summed E-state index contributed by atoms with van der Waals surface area (Å²) < 4.78 is 0. The summed E-state index contributed by atoms with van der Waals surface area (Å²) in [7, 11) is 0. The molecule has 3 N–H and O–H groups in total. The molecule has 0 unspecified atom stereocenters. The molecule has 1 aliphatic carbocycles. The highest BCUT2D eigenvalue weighted by Gasteiger charge is 2.49. The number of aliphatic imine (C=N–C) groups is 1. The maximum absolute atomic E-state index is 6.25. The van der Waals surface area contributed by atoms with E-state index in [2.05, 4.69) is 46.3 Å². The molecule has 2 aromatic rings. The third-order valence-electron chi connectivity index (χ3n) is 5.91. The highest BCUT2D eigenvalue weighted by molar-refractivity contribution is 6.30. The third kappa shape index (κ3) is 2.68. The van der Waals surface area contributed by atoms with Gasteiger partial charge in [0.25, 0.3) is 0 Å². The molecule has 0 aromatic heterocycles.